The summed E-state index contributed by atoms with van der Waals surface area (Å²) in [6, 6.07) is 2.30. The van der Waals surface area contributed by atoms with Gasteiger partial charge in [0.15, 0.2) is 0 Å². The summed E-state index contributed by atoms with van der Waals surface area (Å²) in [6.45, 7) is 9.54. The molecule has 1 fully saturated rings. The highest BCUT2D eigenvalue weighted by Crippen LogP contribution is 2.23. The Hall–Kier alpha value is -1.17. The number of hydrogen-bond acceptors (Lipinski definition) is 5. The second-order valence-electron chi connectivity index (χ2n) is 5.41. The third-order valence-corrected chi connectivity index (χ3v) is 3.69. The average molecular weight is 279 g/mol. The molecular formula is C15H25N3O2. The van der Waals surface area contributed by atoms with Crippen molar-refractivity contribution in [2.45, 2.75) is 39.0 Å². The van der Waals surface area contributed by atoms with E-state index in [0.717, 1.165) is 31.0 Å². The van der Waals surface area contributed by atoms with Crippen LogP contribution in [0.25, 0.3) is 0 Å². The predicted molar refractivity (Wildman–Crippen MR) is 78.8 cm³/mol. The van der Waals surface area contributed by atoms with Crippen LogP contribution < -0.4 is 10.5 Å². The fourth-order valence-corrected chi connectivity index (χ4v) is 2.46. The van der Waals surface area contributed by atoms with Gasteiger partial charge in [-0.2, -0.15) is 0 Å². The minimum Gasteiger partial charge on any atom is -0.492 e. The lowest BCUT2D eigenvalue weighted by Crippen LogP contribution is -2.49. The molecule has 0 radical (unpaired) electrons. The first-order chi connectivity index (χ1) is 9.61. The molecule has 0 saturated carbocycles. The Kier molecular flexibility index (Phi) is 5.34. The van der Waals surface area contributed by atoms with E-state index in [4.69, 9.17) is 15.2 Å². The van der Waals surface area contributed by atoms with Crippen molar-refractivity contribution in [3.63, 3.8) is 0 Å². The molecule has 0 spiro atoms. The van der Waals surface area contributed by atoms with Crippen LogP contribution in [0.3, 0.4) is 0 Å². The topological polar surface area (TPSA) is 60.6 Å². The van der Waals surface area contributed by atoms with Gasteiger partial charge >= 0.3 is 0 Å². The summed E-state index contributed by atoms with van der Waals surface area (Å²) in [5.74, 6) is 0.761. The maximum Gasteiger partial charge on any atom is 0.137 e. The fourth-order valence-electron chi connectivity index (χ4n) is 2.46. The summed E-state index contributed by atoms with van der Waals surface area (Å²) in [6.07, 6.45) is 3.51. The highest BCUT2D eigenvalue weighted by molar-refractivity contribution is 5.26. The predicted octanol–water partition coefficient (Wildman–Crippen LogP) is 1.59. The maximum absolute atomic E-state index is 6.35. The molecule has 2 atom stereocenters. The molecule has 2 heterocycles. The summed E-state index contributed by atoms with van der Waals surface area (Å²) < 4.78 is 11.3. The van der Waals surface area contributed by atoms with E-state index in [1.807, 2.05) is 13.0 Å². The van der Waals surface area contributed by atoms with Gasteiger partial charge in [0.05, 0.1) is 31.6 Å². The first kappa shape index (κ1) is 15.2. The number of pyridine rings is 1. The zero-order chi connectivity index (χ0) is 14.5. The van der Waals surface area contributed by atoms with Gasteiger partial charge in [-0.1, -0.05) is 0 Å². The lowest BCUT2D eigenvalue weighted by molar-refractivity contribution is -0.0503. The number of aromatic nitrogens is 1. The van der Waals surface area contributed by atoms with Gasteiger partial charge in [-0.25, -0.2) is 0 Å². The molecule has 1 aromatic heterocycles. The van der Waals surface area contributed by atoms with Gasteiger partial charge in [0.25, 0.3) is 0 Å². The van der Waals surface area contributed by atoms with E-state index < -0.39 is 0 Å². The van der Waals surface area contributed by atoms with Crippen LogP contribution in [0, 0.1) is 0 Å². The standard InChI is InChI=1S/C15H25N3O2/c1-4-19-13-7-12(8-17-9-13)15(16)14-10-18(11(2)3)5-6-20-14/h7-9,11,14-15H,4-6,10,16H2,1-3H3. The summed E-state index contributed by atoms with van der Waals surface area (Å²) in [7, 11) is 0. The molecule has 20 heavy (non-hydrogen) atoms. The third-order valence-electron chi connectivity index (χ3n) is 3.69. The van der Waals surface area contributed by atoms with Crippen molar-refractivity contribution in [2.24, 2.45) is 5.73 Å². The van der Waals surface area contributed by atoms with Gasteiger partial charge < -0.3 is 15.2 Å². The van der Waals surface area contributed by atoms with Crippen molar-refractivity contribution in [3.05, 3.63) is 24.0 Å². The second kappa shape index (κ2) is 7.02. The molecular weight excluding hydrogens is 254 g/mol. The zero-order valence-corrected chi connectivity index (χ0v) is 12.6. The second-order valence-corrected chi connectivity index (χ2v) is 5.41. The number of hydrogen-bond donors (Lipinski definition) is 1. The van der Waals surface area contributed by atoms with Crippen molar-refractivity contribution in [2.75, 3.05) is 26.3 Å². The summed E-state index contributed by atoms with van der Waals surface area (Å²) in [4.78, 5) is 6.60. The molecule has 112 valence electrons. The Morgan fingerprint density at radius 3 is 3.00 bits per heavy atom. The largest absolute Gasteiger partial charge is 0.492 e. The van der Waals surface area contributed by atoms with Crippen LogP contribution in [0.15, 0.2) is 18.5 Å². The van der Waals surface area contributed by atoms with Crippen molar-refractivity contribution < 1.29 is 9.47 Å². The van der Waals surface area contributed by atoms with Gasteiger partial charge in [-0.05, 0) is 32.4 Å². The van der Waals surface area contributed by atoms with Crippen LogP contribution in [-0.2, 0) is 4.74 Å². The minimum absolute atomic E-state index is 0.00447. The van der Waals surface area contributed by atoms with E-state index in [2.05, 4.69) is 23.7 Å². The molecule has 2 N–H and O–H groups in total. The third kappa shape index (κ3) is 3.69. The van der Waals surface area contributed by atoms with E-state index in [1.54, 1.807) is 12.4 Å². The van der Waals surface area contributed by atoms with Crippen LogP contribution in [-0.4, -0.2) is 48.3 Å². The molecule has 1 saturated heterocycles. The average Bonchev–Trinajstić information content (AvgIpc) is 2.47. The molecule has 1 aliphatic rings. The lowest BCUT2D eigenvalue weighted by Gasteiger charge is -2.37. The molecule has 5 heteroatoms. The quantitative estimate of drug-likeness (QED) is 0.887. The van der Waals surface area contributed by atoms with Crippen molar-refractivity contribution in [1.29, 1.82) is 0 Å². The molecule has 2 unspecified atom stereocenters. The first-order valence-corrected chi connectivity index (χ1v) is 7.30. The molecule has 0 amide bonds. The van der Waals surface area contributed by atoms with Gasteiger partial charge in [-0.3, -0.25) is 9.88 Å². The van der Waals surface area contributed by atoms with E-state index in [0.29, 0.717) is 12.6 Å². The van der Waals surface area contributed by atoms with Crippen LogP contribution >= 0.6 is 0 Å². The Labute approximate surface area is 121 Å². The number of nitrogens with zero attached hydrogens (tertiary/aromatic N) is 2. The number of rotatable bonds is 5. The molecule has 5 nitrogen and oxygen atoms in total. The van der Waals surface area contributed by atoms with Crippen LogP contribution in [0.1, 0.15) is 32.4 Å². The SMILES string of the molecule is CCOc1cncc(C(N)C2CN(C(C)C)CCO2)c1. The summed E-state index contributed by atoms with van der Waals surface area (Å²) in [5.41, 5.74) is 7.31. The Bertz CT molecular complexity index is 425. The molecule has 0 aromatic carbocycles. The first-order valence-electron chi connectivity index (χ1n) is 7.30. The van der Waals surface area contributed by atoms with Crippen molar-refractivity contribution in [1.82, 2.24) is 9.88 Å². The van der Waals surface area contributed by atoms with E-state index in [-0.39, 0.29) is 12.1 Å². The van der Waals surface area contributed by atoms with Crippen LogP contribution in [0.5, 0.6) is 5.75 Å². The van der Waals surface area contributed by atoms with E-state index >= 15 is 0 Å². The smallest absolute Gasteiger partial charge is 0.137 e. The Morgan fingerprint density at radius 1 is 1.50 bits per heavy atom. The van der Waals surface area contributed by atoms with Gasteiger partial charge in [-0.15, -0.1) is 0 Å². The van der Waals surface area contributed by atoms with Crippen molar-refractivity contribution >= 4 is 0 Å². The number of nitrogens with two attached hydrogens (primary N) is 1. The molecule has 1 aromatic rings. The zero-order valence-electron chi connectivity index (χ0n) is 12.6. The summed E-state index contributed by atoms with van der Waals surface area (Å²) >= 11 is 0. The van der Waals surface area contributed by atoms with Crippen LogP contribution in [0.2, 0.25) is 0 Å². The monoisotopic (exact) mass is 279 g/mol. The highest BCUT2D eigenvalue weighted by atomic mass is 16.5. The van der Waals surface area contributed by atoms with Crippen LogP contribution in [0.4, 0.5) is 0 Å². The fraction of sp³-hybridized carbons (Fsp3) is 0.667. The molecule has 2 rings (SSSR count). The minimum atomic E-state index is -0.176. The molecule has 0 aliphatic carbocycles. The highest BCUT2D eigenvalue weighted by Gasteiger charge is 2.28. The van der Waals surface area contributed by atoms with E-state index in [9.17, 15) is 0 Å². The number of ether oxygens (including phenoxy) is 2. The van der Waals surface area contributed by atoms with Gasteiger partial charge in [0.1, 0.15) is 5.75 Å². The van der Waals surface area contributed by atoms with E-state index in [1.165, 1.54) is 0 Å². The Morgan fingerprint density at radius 2 is 2.30 bits per heavy atom. The maximum atomic E-state index is 6.35. The lowest BCUT2D eigenvalue weighted by atomic mass is 10.0. The molecule has 1 aliphatic heterocycles. The summed E-state index contributed by atoms with van der Waals surface area (Å²) in [5, 5.41) is 0. The Balaban J connectivity index is 2.06. The number of morpholine rings is 1. The van der Waals surface area contributed by atoms with Crippen molar-refractivity contribution in [3.8, 4) is 5.75 Å². The molecule has 0 bridgehead atoms. The normalized spacial score (nSPS) is 21.9. The van der Waals surface area contributed by atoms with Gasteiger partial charge in [0, 0.05) is 25.3 Å². The van der Waals surface area contributed by atoms with Gasteiger partial charge in [0.2, 0.25) is 0 Å².